The van der Waals surface area contributed by atoms with Crippen molar-refractivity contribution in [1.29, 1.82) is 0 Å². The van der Waals surface area contributed by atoms with Crippen LogP contribution in [0.3, 0.4) is 0 Å². The number of rotatable bonds is 3. The third-order valence-corrected chi connectivity index (χ3v) is 6.69. The highest BCUT2D eigenvalue weighted by atomic mass is 16.2. The van der Waals surface area contributed by atoms with Gasteiger partial charge >= 0.3 is 0 Å². The van der Waals surface area contributed by atoms with Gasteiger partial charge in [0.2, 0.25) is 0 Å². The van der Waals surface area contributed by atoms with E-state index in [1.54, 1.807) is 6.20 Å². The Morgan fingerprint density at radius 2 is 1.66 bits per heavy atom. The second-order valence-corrected chi connectivity index (χ2v) is 8.64. The van der Waals surface area contributed by atoms with Crippen LogP contribution in [0.4, 0.5) is 0 Å². The van der Waals surface area contributed by atoms with Gasteiger partial charge in [0.25, 0.3) is 5.91 Å². The lowest BCUT2D eigenvalue weighted by Crippen LogP contribution is -2.29. The fourth-order valence-corrected chi connectivity index (χ4v) is 5.12. The average Bonchev–Trinajstić information content (AvgIpc) is 3.51. The first-order chi connectivity index (χ1) is 17.3. The highest BCUT2D eigenvalue weighted by Gasteiger charge is 2.32. The monoisotopic (exact) mass is 453 g/mol. The van der Waals surface area contributed by atoms with Gasteiger partial charge in [0.05, 0.1) is 16.9 Å². The van der Waals surface area contributed by atoms with Gasteiger partial charge in [-0.3, -0.25) is 9.78 Å². The van der Waals surface area contributed by atoms with E-state index < -0.39 is 0 Å². The van der Waals surface area contributed by atoms with E-state index in [0.29, 0.717) is 16.7 Å². The maximum atomic E-state index is 13.4. The Morgan fingerprint density at radius 3 is 2.63 bits per heavy atom. The van der Waals surface area contributed by atoms with Crippen LogP contribution in [0.25, 0.3) is 44.2 Å². The fraction of sp³-hybridized carbons (Fsp3) is 0.0345. The molecule has 1 atom stereocenters. The van der Waals surface area contributed by atoms with Crippen molar-refractivity contribution in [3.8, 4) is 22.3 Å². The summed E-state index contributed by atoms with van der Waals surface area (Å²) < 4.78 is 0. The van der Waals surface area contributed by atoms with E-state index in [1.807, 2.05) is 48.7 Å². The molecule has 0 saturated heterocycles. The molecule has 6 nitrogen and oxygen atoms in total. The minimum atomic E-state index is -0.286. The molecule has 1 unspecified atom stereocenters. The van der Waals surface area contributed by atoms with Crippen LogP contribution >= 0.6 is 0 Å². The molecule has 6 aromatic rings. The predicted octanol–water partition coefficient (Wildman–Crippen LogP) is 5.67. The smallest absolute Gasteiger partial charge is 0.271 e. The molecular formula is C29H19N5O. The second-order valence-electron chi connectivity index (χ2n) is 8.64. The number of benzene rings is 3. The Labute approximate surface area is 200 Å². The minimum absolute atomic E-state index is 0.234. The maximum absolute atomic E-state index is 13.4. The zero-order valence-electron chi connectivity index (χ0n) is 18.6. The first-order valence-corrected chi connectivity index (χ1v) is 11.4. The van der Waals surface area contributed by atoms with Crippen molar-refractivity contribution in [1.82, 2.24) is 25.3 Å². The predicted molar refractivity (Wildman–Crippen MR) is 136 cm³/mol. The normalized spacial score (nSPS) is 14.1. The van der Waals surface area contributed by atoms with Crippen LogP contribution in [0.2, 0.25) is 0 Å². The number of hydrogen-bond acceptors (Lipinski definition) is 4. The number of carbonyl (C=O) groups excluding carboxylic acids is 1. The Balaban J connectivity index is 1.36. The highest BCUT2D eigenvalue weighted by molar-refractivity contribution is 6.04. The first kappa shape index (κ1) is 19.6. The molecule has 1 amide bonds. The summed E-state index contributed by atoms with van der Waals surface area (Å²) in [6, 6.07) is 26.3. The maximum Gasteiger partial charge on any atom is 0.271 e. The van der Waals surface area contributed by atoms with E-state index in [4.69, 9.17) is 0 Å². The molecule has 7 rings (SSSR count). The standard InChI is InChI=1S/C29H19N5O/c35-29(27-23-12-13-30-28(23)33-16-32-27)34-26-21-8-3-2-7-20(21)25-19(9-5-10-22(25)26)18-14-17-6-1-4-11-24(17)31-15-18/h1-16,26H,(H,34,35)(H,30,32,33). The van der Waals surface area contributed by atoms with Crippen LogP contribution < -0.4 is 5.32 Å². The van der Waals surface area contributed by atoms with E-state index in [0.717, 1.165) is 44.3 Å². The molecule has 0 spiro atoms. The van der Waals surface area contributed by atoms with Crippen molar-refractivity contribution in [2.24, 2.45) is 0 Å². The highest BCUT2D eigenvalue weighted by Crippen LogP contribution is 2.48. The van der Waals surface area contributed by atoms with Gasteiger partial charge < -0.3 is 10.3 Å². The lowest BCUT2D eigenvalue weighted by molar-refractivity contribution is 0.0940. The molecule has 0 fully saturated rings. The zero-order chi connectivity index (χ0) is 23.4. The number of pyridine rings is 1. The van der Waals surface area contributed by atoms with Crippen LogP contribution in [0.5, 0.6) is 0 Å². The molecule has 3 heterocycles. The number of H-pyrrole nitrogens is 1. The molecule has 0 aliphatic heterocycles. The van der Waals surface area contributed by atoms with Gasteiger partial charge in [-0.25, -0.2) is 9.97 Å². The molecule has 0 radical (unpaired) electrons. The zero-order valence-corrected chi connectivity index (χ0v) is 18.6. The molecule has 0 saturated carbocycles. The number of hydrogen-bond donors (Lipinski definition) is 2. The number of fused-ring (bicyclic) bond motifs is 5. The summed E-state index contributed by atoms with van der Waals surface area (Å²) >= 11 is 0. The fourth-order valence-electron chi connectivity index (χ4n) is 5.12. The number of aromatic amines is 1. The van der Waals surface area contributed by atoms with Crippen molar-refractivity contribution < 1.29 is 4.79 Å². The third-order valence-electron chi connectivity index (χ3n) is 6.69. The molecule has 35 heavy (non-hydrogen) atoms. The molecule has 6 heteroatoms. The van der Waals surface area contributed by atoms with Crippen LogP contribution in [0.1, 0.15) is 27.7 Å². The summed E-state index contributed by atoms with van der Waals surface area (Å²) in [6.07, 6.45) is 5.10. The van der Waals surface area contributed by atoms with E-state index >= 15 is 0 Å². The summed E-state index contributed by atoms with van der Waals surface area (Å²) in [7, 11) is 0. The third kappa shape index (κ3) is 3.04. The van der Waals surface area contributed by atoms with E-state index in [9.17, 15) is 4.79 Å². The molecule has 0 bridgehead atoms. The SMILES string of the molecule is O=C(NC1c2ccccc2-c2c(-c3cnc4ccccc4c3)cccc21)c1ncnc2[nH]ccc12. The summed E-state index contributed by atoms with van der Waals surface area (Å²) in [5, 5.41) is 5.04. The number of carbonyl (C=O) groups is 1. The van der Waals surface area contributed by atoms with Crippen LogP contribution in [-0.2, 0) is 0 Å². The number of amides is 1. The first-order valence-electron chi connectivity index (χ1n) is 11.4. The van der Waals surface area contributed by atoms with E-state index in [-0.39, 0.29) is 11.9 Å². The minimum Gasteiger partial charge on any atom is -0.346 e. The summed E-state index contributed by atoms with van der Waals surface area (Å²) in [4.78, 5) is 29.6. The van der Waals surface area contributed by atoms with Gasteiger partial charge in [-0.1, -0.05) is 60.7 Å². The molecule has 166 valence electrons. The topological polar surface area (TPSA) is 83.6 Å². The molecule has 3 aromatic heterocycles. The quantitative estimate of drug-likeness (QED) is 0.361. The van der Waals surface area contributed by atoms with Crippen molar-refractivity contribution in [2.75, 3.05) is 0 Å². The van der Waals surface area contributed by atoms with Crippen LogP contribution in [-0.4, -0.2) is 25.8 Å². The van der Waals surface area contributed by atoms with Gasteiger partial charge in [-0.15, -0.1) is 0 Å². The van der Waals surface area contributed by atoms with E-state index in [1.165, 1.54) is 6.33 Å². The number of para-hydroxylation sites is 1. The summed E-state index contributed by atoms with van der Waals surface area (Å²) in [6.45, 7) is 0. The van der Waals surface area contributed by atoms with Crippen LogP contribution in [0, 0.1) is 0 Å². The number of nitrogens with one attached hydrogen (secondary N) is 2. The Kier molecular flexibility index (Phi) is 4.26. The lowest BCUT2D eigenvalue weighted by Gasteiger charge is -2.16. The van der Waals surface area contributed by atoms with Crippen LogP contribution in [0.15, 0.2) is 97.6 Å². The Bertz CT molecular complexity index is 1770. The van der Waals surface area contributed by atoms with Crippen molar-refractivity contribution in [3.05, 3.63) is 114 Å². The molecule has 1 aliphatic rings. The molecular weight excluding hydrogens is 434 g/mol. The van der Waals surface area contributed by atoms with Crippen molar-refractivity contribution >= 4 is 27.8 Å². The van der Waals surface area contributed by atoms with Crippen molar-refractivity contribution in [3.63, 3.8) is 0 Å². The van der Waals surface area contributed by atoms with E-state index in [2.05, 4.69) is 61.7 Å². The Hall–Kier alpha value is -4.84. The molecule has 3 aromatic carbocycles. The van der Waals surface area contributed by atoms with Gasteiger partial charge in [-0.2, -0.15) is 0 Å². The molecule has 2 N–H and O–H groups in total. The number of aromatic nitrogens is 4. The van der Waals surface area contributed by atoms with Gasteiger partial charge in [0.15, 0.2) is 0 Å². The van der Waals surface area contributed by atoms with Crippen molar-refractivity contribution in [2.45, 2.75) is 6.04 Å². The number of nitrogens with zero attached hydrogens (tertiary/aromatic N) is 3. The average molecular weight is 454 g/mol. The Morgan fingerprint density at radius 1 is 0.829 bits per heavy atom. The summed E-state index contributed by atoms with van der Waals surface area (Å²) in [5.41, 5.74) is 8.48. The largest absolute Gasteiger partial charge is 0.346 e. The second kappa shape index (κ2) is 7.60. The van der Waals surface area contributed by atoms with Gasteiger partial charge in [-0.05, 0) is 46.0 Å². The molecule has 1 aliphatic carbocycles. The van der Waals surface area contributed by atoms with Gasteiger partial charge in [0, 0.05) is 23.3 Å². The van der Waals surface area contributed by atoms with Gasteiger partial charge in [0.1, 0.15) is 17.7 Å². The lowest BCUT2D eigenvalue weighted by atomic mass is 9.94. The summed E-state index contributed by atoms with van der Waals surface area (Å²) in [5.74, 6) is -0.234.